The van der Waals surface area contributed by atoms with Crippen molar-refractivity contribution in [2.45, 2.75) is 52.7 Å². The second kappa shape index (κ2) is 11.9. The second-order valence-corrected chi connectivity index (χ2v) is 7.55. The number of methoxy groups -OCH3 is 1. The summed E-state index contributed by atoms with van der Waals surface area (Å²) < 4.78 is 16.9. The number of benzene rings is 1. The van der Waals surface area contributed by atoms with Gasteiger partial charge in [0.05, 0.1) is 19.9 Å². The van der Waals surface area contributed by atoms with E-state index in [0.717, 1.165) is 23.8 Å². The highest BCUT2D eigenvalue weighted by molar-refractivity contribution is 14.0. The van der Waals surface area contributed by atoms with Gasteiger partial charge in [0, 0.05) is 18.0 Å². The second-order valence-electron chi connectivity index (χ2n) is 7.55. The molecule has 0 amide bonds. The third kappa shape index (κ3) is 8.51. The third-order valence-corrected chi connectivity index (χ3v) is 3.94. The molecule has 0 fully saturated rings. The number of aromatic nitrogens is 1. The van der Waals surface area contributed by atoms with Gasteiger partial charge in [0.15, 0.2) is 5.96 Å². The Bertz CT molecular complexity index is 771. The van der Waals surface area contributed by atoms with Crippen molar-refractivity contribution in [2.75, 3.05) is 20.2 Å². The van der Waals surface area contributed by atoms with Crippen molar-refractivity contribution in [1.29, 1.82) is 0 Å². The fourth-order valence-electron chi connectivity index (χ4n) is 2.41. The number of halogens is 1. The molecule has 0 aliphatic heterocycles. The van der Waals surface area contributed by atoms with Crippen molar-refractivity contribution in [3.8, 4) is 11.5 Å². The molecule has 0 aliphatic carbocycles. The molecule has 8 heteroatoms. The Balaban J connectivity index is 0.00000420. The first-order chi connectivity index (χ1) is 13.3. The van der Waals surface area contributed by atoms with Gasteiger partial charge in [-0.05, 0) is 26.0 Å². The number of rotatable bonds is 8. The summed E-state index contributed by atoms with van der Waals surface area (Å²) in [6.45, 7) is 12.0. The minimum Gasteiger partial charge on any atom is -0.497 e. The van der Waals surface area contributed by atoms with E-state index in [-0.39, 0.29) is 35.5 Å². The lowest BCUT2D eigenvalue weighted by Crippen LogP contribution is -2.41. The normalized spacial score (nSPS) is 12.7. The van der Waals surface area contributed by atoms with Crippen LogP contribution in [-0.4, -0.2) is 37.2 Å². The summed E-state index contributed by atoms with van der Waals surface area (Å²) in [7, 11) is 1.64. The van der Waals surface area contributed by atoms with E-state index in [4.69, 9.17) is 13.9 Å². The zero-order chi connectivity index (χ0) is 20.6. The van der Waals surface area contributed by atoms with Crippen molar-refractivity contribution in [3.05, 3.63) is 42.1 Å². The van der Waals surface area contributed by atoms with E-state index < -0.39 is 0 Å². The van der Waals surface area contributed by atoms with Gasteiger partial charge in [0.1, 0.15) is 29.9 Å². The van der Waals surface area contributed by atoms with Crippen LogP contribution in [-0.2, 0) is 12.0 Å². The van der Waals surface area contributed by atoms with E-state index in [0.29, 0.717) is 24.9 Å². The molecular formula is C21H33IN4O3. The molecule has 0 bridgehead atoms. The van der Waals surface area contributed by atoms with Gasteiger partial charge in [0.2, 0.25) is 5.89 Å². The molecule has 7 nitrogen and oxygen atoms in total. The summed E-state index contributed by atoms with van der Waals surface area (Å²) in [5.41, 5.74) is -0.0649. The molecule has 2 aromatic rings. The smallest absolute Gasteiger partial charge is 0.216 e. The van der Waals surface area contributed by atoms with Gasteiger partial charge in [-0.25, -0.2) is 9.98 Å². The number of aliphatic imine (C=N–C) groups is 1. The highest BCUT2D eigenvalue weighted by Crippen LogP contribution is 2.23. The number of nitrogens with zero attached hydrogens (tertiary/aromatic N) is 2. The Kier molecular flexibility index (Phi) is 10.3. The molecule has 2 rings (SSSR count). The molecule has 1 unspecified atom stereocenters. The molecule has 1 aromatic heterocycles. The Labute approximate surface area is 190 Å². The Morgan fingerprint density at radius 2 is 1.97 bits per heavy atom. The van der Waals surface area contributed by atoms with Crippen LogP contribution in [0.3, 0.4) is 0 Å². The number of oxazole rings is 1. The molecule has 1 atom stereocenters. The minimum absolute atomic E-state index is 0. The number of ether oxygens (including phenoxy) is 2. The lowest BCUT2D eigenvalue weighted by molar-refractivity contribution is 0.223. The fourth-order valence-corrected chi connectivity index (χ4v) is 2.41. The first-order valence-corrected chi connectivity index (χ1v) is 9.60. The Morgan fingerprint density at radius 3 is 2.59 bits per heavy atom. The van der Waals surface area contributed by atoms with Crippen molar-refractivity contribution in [3.63, 3.8) is 0 Å². The van der Waals surface area contributed by atoms with Gasteiger partial charge in [-0.2, -0.15) is 0 Å². The summed E-state index contributed by atoms with van der Waals surface area (Å²) in [6.07, 6.45) is 1.72. The Morgan fingerprint density at radius 1 is 1.24 bits per heavy atom. The molecule has 1 aromatic carbocycles. The summed E-state index contributed by atoms with van der Waals surface area (Å²) in [5, 5.41) is 6.51. The van der Waals surface area contributed by atoms with Gasteiger partial charge >= 0.3 is 0 Å². The molecule has 0 aliphatic rings. The lowest BCUT2D eigenvalue weighted by Gasteiger charge is -2.18. The molecule has 162 valence electrons. The topological polar surface area (TPSA) is 80.9 Å². The van der Waals surface area contributed by atoms with Crippen LogP contribution in [0, 0.1) is 0 Å². The van der Waals surface area contributed by atoms with Gasteiger partial charge in [-0.15, -0.1) is 24.0 Å². The average Bonchev–Trinajstić information content (AvgIpc) is 3.13. The standard InChI is InChI=1S/C21H32N4O3.HI/c1-7-22-20(25-14-19-23-13-18(28-19)21(3,4)5)24-12-15(2)27-17-10-8-9-16(11-17)26-6;/h8-11,13,15H,7,12,14H2,1-6H3,(H2,22,24,25);1H. The first kappa shape index (κ1) is 25.1. The minimum atomic E-state index is -0.0649. The maximum absolute atomic E-state index is 5.93. The highest BCUT2D eigenvalue weighted by atomic mass is 127. The first-order valence-electron chi connectivity index (χ1n) is 9.60. The molecule has 0 radical (unpaired) electrons. The SMILES string of the molecule is CCNC(=NCc1ncc(C(C)(C)C)o1)NCC(C)Oc1cccc(OC)c1.I. The van der Waals surface area contributed by atoms with Crippen LogP contribution in [0.5, 0.6) is 11.5 Å². The Hall–Kier alpha value is -1.97. The number of hydrogen-bond donors (Lipinski definition) is 2. The van der Waals surface area contributed by atoms with E-state index in [1.807, 2.05) is 38.1 Å². The van der Waals surface area contributed by atoms with Crippen molar-refractivity contribution < 1.29 is 13.9 Å². The summed E-state index contributed by atoms with van der Waals surface area (Å²) in [5.74, 6) is 3.69. The van der Waals surface area contributed by atoms with E-state index in [1.165, 1.54) is 0 Å². The van der Waals surface area contributed by atoms with Gasteiger partial charge < -0.3 is 24.5 Å². The summed E-state index contributed by atoms with van der Waals surface area (Å²) >= 11 is 0. The third-order valence-electron chi connectivity index (χ3n) is 3.94. The molecule has 0 spiro atoms. The van der Waals surface area contributed by atoms with Gasteiger partial charge in [-0.1, -0.05) is 26.8 Å². The van der Waals surface area contributed by atoms with Crippen molar-refractivity contribution >= 4 is 29.9 Å². The van der Waals surface area contributed by atoms with E-state index >= 15 is 0 Å². The monoisotopic (exact) mass is 516 g/mol. The largest absolute Gasteiger partial charge is 0.497 e. The summed E-state index contributed by atoms with van der Waals surface area (Å²) in [4.78, 5) is 8.86. The quantitative estimate of drug-likeness (QED) is 0.312. The van der Waals surface area contributed by atoms with Crippen LogP contribution in [0.2, 0.25) is 0 Å². The predicted octanol–water partition coefficient (Wildman–Crippen LogP) is 4.12. The van der Waals surface area contributed by atoms with Gasteiger partial charge in [0.25, 0.3) is 0 Å². The lowest BCUT2D eigenvalue weighted by atomic mass is 9.94. The molecule has 0 saturated heterocycles. The number of guanidine groups is 1. The van der Waals surface area contributed by atoms with Crippen LogP contribution in [0.1, 0.15) is 46.3 Å². The number of nitrogens with one attached hydrogen (secondary N) is 2. The van der Waals surface area contributed by atoms with E-state index in [2.05, 4.69) is 41.4 Å². The van der Waals surface area contributed by atoms with Crippen LogP contribution in [0.25, 0.3) is 0 Å². The van der Waals surface area contributed by atoms with E-state index in [1.54, 1.807) is 13.3 Å². The predicted molar refractivity (Wildman–Crippen MR) is 127 cm³/mol. The zero-order valence-corrected chi connectivity index (χ0v) is 20.4. The average molecular weight is 516 g/mol. The van der Waals surface area contributed by atoms with Gasteiger partial charge in [-0.3, -0.25) is 0 Å². The molecule has 1 heterocycles. The van der Waals surface area contributed by atoms with Crippen LogP contribution >= 0.6 is 24.0 Å². The molecular weight excluding hydrogens is 483 g/mol. The molecule has 2 N–H and O–H groups in total. The van der Waals surface area contributed by atoms with Crippen LogP contribution < -0.4 is 20.1 Å². The fraction of sp³-hybridized carbons (Fsp3) is 0.524. The van der Waals surface area contributed by atoms with Crippen molar-refractivity contribution in [1.82, 2.24) is 15.6 Å². The highest BCUT2D eigenvalue weighted by Gasteiger charge is 2.19. The molecule has 0 saturated carbocycles. The number of hydrogen-bond acceptors (Lipinski definition) is 5. The van der Waals surface area contributed by atoms with E-state index in [9.17, 15) is 0 Å². The van der Waals surface area contributed by atoms with Crippen LogP contribution in [0.4, 0.5) is 0 Å². The molecule has 29 heavy (non-hydrogen) atoms. The van der Waals surface area contributed by atoms with Crippen LogP contribution in [0.15, 0.2) is 39.9 Å². The maximum Gasteiger partial charge on any atom is 0.216 e. The zero-order valence-electron chi connectivity index (χ0n) is 18.1. The van der Waals surface area contributed by atoms with Crippen molar-refractivity contribution in [2.24, 2.45) is 4.99 Å². The summed E-state index contributed by atoms with van der Waals surface area (Å²) in [6, 6.07) is 7.57. The maximum atomic E-state index is 5.93.